The smallest absolute Gasteiger partial charge is 0.255 e. The van der Waals surface area contributed by atoms with Crippen LogP contribution in [-0.2, 0) is 6.42 Å². The highest BCUT2D eigenvalue weighted by Crippen LogP contribution is 2.18. The summed E-state index contributed by atoms with van der Waals surface area (Å²) in [6.07, 6.45) is 0.748. The highest BCUT2D eigenvalue weighted by atomic mass is 16.1. The molecule has 0 radical (unpaired) electrons. The molecular formula is C21H19NO. The van der Waals surface area contributed by atoms with Crippen molar-refractivity contribution in [1.82, 2.24) is 0 Å². The number of benzene rings is 3. The van der Waals surface area contributed by atoms with Gasteiger partial charge in [-0.3, -0.25) is 4.79 Å². The molecule has 114 valence electrons. The van der Waals surface area contributed by atoms with Gasteiger partial charge in [-0.1, -0.05) is 66.7 Å². The first-order chi connectivity index (χ1) is 11.2. The number of carbonyl (C=O) groups is 1. The van der Waals surface area contributed by atoms with E-state index in [0.717, 1.165) is 28.8 Å². The molecule has 0 aliphatic heterocycles. The molecule has 23 heavy (non-hydrogen) atoms. The summed E-state index contributed by atoms with van der Waals surface area (Å²) in [6.45, 7) is 1.99. The zero-order valence-corrected chi connectivity index (χ0v) is 13.1. The fourth-order valence-electron chi connectivity index (χ4n) is 2.61. The summed E-state index contributed by atoms with van der Waals surface area (Å²) in [5.41, 5.74) is 4.86. The van der Waals surface area contributed by atoms with Crippen molar-refractivity contribution in [2.75, 3.05) is 5.32 Å². The number of hydrogen-bond acceptors (Lipinski definition) is 1. The van der Waals surface area contributed by atoms with Crippen LogP contribution in [0.3, 0.4) is 0 Å². The Labute approximate surface area is 136 Å². The lowest BCUT2D eigenvalue weighted by Crippen LogP contribution is -2.15. The fraction of sp³-hybridized carbons (Fsp3) is 0.0952. The van der Waals surface area contributed by atoms with E-state index in [2.05, 4.69) is 17.4 Å². The van der Waals surface area contributed by atoms with E-state index in [9.17, 15) is 4.79 Å². The van der Waals surface area contributed by atoms with Crippen molar-refractivity contribution in [3.63, 3.8) is 0 Å². The Bertz CT molecular complexity index is 809. The Hall–Kier alpha value is -2.87. The first-order valence-electron chi connectivity index (χ1n) is 7.73. The third-order valence-corrected chi connectivity index (χ3v) is 3.89. The molecule has 0 atom stereocenters. The average molecular weight is 301 g/mol. The van der Waals surface area contributed by atoms with Gasteiger partial charge in [-0.15, -0.1) is 0 Å². The Kier molecular flexibility index (Phi) is 4.53. The van der Waals surface area contributed by atoms with Gasteiger partial charge in [0.2, 0.25) is 0 Å². The van der Waals surface area contributed by atoms with Crippen LogP contribution in [0.1, 0.15) is 27.0 Å². The summed E-state index contributed by atoms with van der Waals surface area (Å²) in [6, 6.07) is 25.8. The zero-order chi connectivity index (χ0) is 16.1. The number of aryl methyl sites for hydroxylation is 1. The van der Waals surface area contributed by atoms with Gasteiger partial charge in [-0.05, 0) is 42.2 Å². The van der Waals surface area contributed by atoms with Gasteiger partial charge >= 0.3 is 0 Å². The molecule has 2 nitrogen and oxygen atoms in total. The average Bonchev–Trinajstić information content (AvgIpc) is 2.58. The molecule has 0 aliphatic rings. The quantitative estimate of drug-likeness (QED) is 0.734. The van der Waals surface area contributed by atoms with Crippen molar-refractivity contribution in [3.05, 3.63) is 101 Å². The number of amides is 1. The van der Waals surface area contributed by atoms with Gasteiger partial charge in [-0.25, -0.2) is 0 Å². The molecule has 3 aromatic rings. The van der Waals surface area contributed by atoms with E-state index in [1.807, 2.05) is 73.7 Å². The maximum atomic E-state index is 12.7. The van der Waals surface area contributed by atoms with Crippen molar-refractivity contribution in [2.24, 2.45) is 0 Å². The first-order valence-corrected chi connectivity index (χ1v) is 7.73. The van der Waals surface area contributed by atoms with E-state index in [-0.39, 0.29) is 5.91 Å². The Morgan fingerprint density at radius 3 is 2.26 bits per heavy atom. The van der Waals surface area contributed by atoms with E-state index in [1.54, 1.807) is 0 Å². The largest absolute Gasteiger partial charge is 0.322 e. The lowest BCUT2D eigenvalue weighted by atomic mass is 9.99. The van der Waals surface area contributed by atoms with Gasteiger partial charge in [-0.2, -0.15) is 0 Å². The standard InChI is InChI=1S/C21H19NO/c1-16-9-5-8-14-20(16)22-21(23)19-13-7-6-12-18(19)15-17-10-3-2-4-11-17/h2-14H,15H2,1H3,(H,22,23). The highest BCUT2D eigenvalue weighted by molar-refractivity contribution is 6.05. The van der Waals surface area contributed by atoms with Crippen molar-refractivity contribution in [1.29, 1.82) is 0 Å². The van der Waals surface area contributed by atoms with Crippen LogP contribution in [-0.4, -0.2) is 5.91 Å². The summed E-state index contributed by atoms with van der Waals surface area (Å²) in [5.74, 6) is -0.0640. The summed E-state index contributed by atoms with van der Waals surface area (Å²) in [7, 11) is 0. The summed E-state index contributed by atoms with van der Waals surface area (Å²) >= 11 is 0. The van der Waals surface area contributed by atoms with Crippen LogP contribution in [0.4, 0.5) is 5.69 Å². The van der Waals surface area contributed by atoms with Crippen molar-refractivity contribution in [2.45, 2.75) is 13.3 Å². The summed E-state index contributed by atoms with van der Waals surface area (Å²) in [4.78, 5) is 12.7. The molecule has 0 spiro atoms. The number of para-hydroxylation sites is 1. The minimum atomic E-state index is -0.0640. The maximum absolute atomic E-state index is 12.7. The zero-order valence-electron chi connectivity index (χ0n) is 13.1. The number of hydrogen-bond donors (Lipinski definition) is 1. The molecule has 0 aliphatic carbocycles. The van der Waals surface area contributed by atoms with E-state index >= 15 is 0 Å². The van der Waals surface area contributed by atoms with Gasteiger partial charge in [0.05, 0.1) is 0 Å². The molecule has 0 fully saturated rings. The van der Waals surface area contributed by atoms with Gasteiger partial charge in [0.15, 0.2) is 0 Å². The van der Waals surface area contributed by atoms with Crippen molar-refractivity contribution < 1.29 is 4.79 Å². The van der Waals surface area contributed by atoms with Crippen LogP contribution < -0.4 is 5.32 Å². The summed E-state index contributed by atoms with van der Waals surface area (Å²) in [5, 5.41) is 3.01. The van der Waals surface area contributed by atoms with Gasteiger partial charge < -0.3 is 5.32 Å². The second-order valence-electron chi connectivity index (χ2n) is 5.59. The Morgan fingerprint density at radius 1 is 0.826 bits per heavy atom. The molecular weight excluding hydrogens is 282 g/mol. The molecule has 0 aromatic heterocycles. The summed E-state index contributed by atoms with van der Waals surface area (Å²) < 4.78 is 0. The highest BCUT2D eigenvalue weighted by Gasteiger charge is 2.12. The third-order valence-electron chi connectivity index (χ3n) is 3.89. The molecule has 0 saturated heterocycles. The molecule has 2 heteroatoms. The number of anilines is 1. The predicted octanol–water partition coefficient (Wildman–Crippen LogP) is 4.84. The SMILES string of the molecule is Cc1ccccc1NC(=O)c1ccccc1Cc1ccccc1. The van der Waals surface area contributed by atoms with Crippen LogP contribution >= 0.6 is 0 Å². The number of carbonyl (C=O) groups excluding carboxylic acids is 1. The van der Waals surface area contributed by atoms with Gasteiger partial charge in [0.1, 0.15) is 0 Å². The molecule has 0 unspecified atom stereocenters. The second kappa shape index (κ2) is 6.93. The topological polar surface area (TPSA) is 29.1 Å². The van der Waals surface area contributed by atoms with Crippen LogP contribution in [0.25, 0.3) is 0 Å². The number of nitrogens with one attached hydrogen (secondary N) is 1. The van der Waals surface area contributed by atoms with Gasteiger partial charge in [0.25, 0.3) is 5.91 Å². The minimum absolute atomic E-state index is 0.0640. The minimum Gasteiger partial charge on any atom is -0.322 e. The van der Waals surface area contributed by atoms with Crippen LogP contribution in [0.2, 0.25) is 0 Å². The predicted molar refractivity (Wildman–Crippen MR) is 94.8 cm³/mol. The maximum Gasteiger partial charge on any atom is 0.255 e. The van der Waals surface area contributed by atoms with E-state index in [1.165, 1.54) is 5.56 Å². The van der Waals surface area contributed by atoms with Crippen LogP contribution in [0.15, 0.2) is 78.9 Å². The lowest BCUT2D eigenvalue weighted by molar-refractivity contribution is 0.102. The first kappa shape index (κ1) is 15.0. The van der Waals surface area contributed by atoms with Gasteiger partial charge in [0, 0.05) is 11.3 Å². The molecule has 3 aromatic carbocycles. The van der Waals surface area contributed by atoms with Crippen molar-refractivity contribution >= 4 is 11.6 Å². The van der Waals surface area contributed by atoms with E-state index in [0.29, 0.717) is 0 Å². The Balaban J connectivity index is 1.85. The monoisotopic (exact) mass is 301 g/mol. The van der Waals surface area contributed by atoms with E-state index < -0.39 is 0 Å². The molecule has 0 saturated carbocycles. The second-order valence-corrected chi connectivity index (χ2v) is 5.59. The normalized spacial score (nSPS) is 10.3. The molecule has 3 rings (SSSR count). The molecule has 0 bridgehead atoms. The molecule has 1 amide bonds. The Morgan fingerprint density at radius 2 is 1.48 bits per heavy atom. The fourth-order valence-corrected chi connectivity index (χ4v) is 2.61. The number of rotatable bonds is 4. The molecule has 0 heterocycles. The lowest BCUT2D eigenvalue weighted by Gasteiger charge is -2.12. The third kappa shape index (κ3) is 3.67. The van der Waals surface area contributed by atoms with Crippen LogP contribution in [0.5, 0.6) is 0 Å². The van der Waals surface area contributed by atoms with E-state index in [4.69, 9.17) is 0 Å². The van der Waals surface area contributed by atoms with Crippen LogP contribution in [0, 0.1) is 6.92 Å². The van der Waals surface area contributed by atoms with Crippen molar-refractivity contribution in [3.8, 4) is 0 Å². The molecule has 1 N–H and O–H groups in total.